The van der Waals surface area contributed by atoms with Crippen LogP contribution in [0.2, 0.25) is 0 Å². The van der Waals surface area contributed by atoms with E-state index >= 15 is 0 Å². The highest BCUT2D eigenvalue weighted by atomic mass is 32.2. The number of rotatable bonds is 1. The van der Waals surface area contributed by atoms with Crippen LogP contribution in [0.3, 0.4) is 0 Å². The highest BCUT2D eigenvalue weighted by Crippen LogP contribution is 2.32. The van der Waals surface area contributed by atoms with Crippen molar-refractivity contribution < 1.29 is 18.0 Å². The van der Waals surface area contributed by atoms with Crippen molar-refractivity contribution in [2.45, 2.75) is 20.0 Å². The van der Waals surface area contributed by atoms with Crippen LogP contribution in [-0.2, 0) is 11.0 Å². The molecular weight excluding hydrogens is 261 g/mol. The molecule has 1 rings (SSSR count). The molecule has 18 heavy (non-hydrogen) atoms. The second-order valence-electron chi connectivity index (χ2n) is 3.56. The van der Waals surface area contributed by atoms with Crippen LogP contribution in [0.5, 0.6) is 0 Å². The van der Waals surface area contributed by atoms with E-state index in [0.717, 1.165) is 17.8 Å². The van der Waals surface area contributed by atoms with E-state index in [1.54, 1.807) is 0 Å². The predicted octanol–water partition coefficient (Wildman–Crippen LogP) is 3.65. The minimum Gasteiger partial charge on any atom is -0.288 e. The molecule has 0 atom stereocenters. The van der Waals surface area contributed by atoms with E-state index in [-0.39, 0.29) is 16.4 Å². The molecule has 1 aromatic carbocycles. The molecule has 1 nitrogen and oxygen atoms in total. The average molecular weight is 272 g/mol. The number of thioether (sulfide) groups is 1. The van der Waals surface area contributed by atoms with Gasteiger partial charge in [-0.3, -0.25) is 4.79 Å². The first-order valence-corrected chi connectivity index (χ1v) is 6.10. The van der Waals surface area contributed by atoms with Gasteiger partial charge >= 0.3 is 6.18 Å². The molecule has 0 aliphatic rings. The quantitative estimate of drug-likeness (QED) is 0.726. The maximum atomic E-state index is 12.6. The lowest BCUT2D eigenvalue weighted by Crippen LogP contribution is -2.08. The third-order valence-corrected chi connectivity index (χ3v) is 2.91. The maximum absolute atomic E-state index is 12.6. The van der Waals surface area contributed by atoms with Crippen molar-refractivity contribution >= 4 is 16.9 Å². The number of carbonyl (C=O) groups excluding carboxylic acids is 1. The molecule has 0 amide bonds. The predicted molar refractivity (Wildman–Crippen MR) is 66.2 cm³/mol. The van der Waals surface area contributed by atoms with E-state index in [1.165, 1.54) is 26.0 Å². The van der Waals surface area contributed by atoms with Gasteiger partial charge in [0.25, 0.3) is 0 Å². The van der Waals surface area contributed by atoms with Crippen molar-refractivity contribution in [2.24, 2.45) is 0 Å². The topological polar surface area (TPSA) is 17.1 Å². The Morgan fingerprint density at radius 3 is 2.61 bits per heavy atom. The Labute approximate surface area is 108 Å². The summed E-state index contributed by atoms with van der Waals surface area (Å²) in [5, 5.41) is -0.0648. The molecule has 0 aromatic heterocycles. The fourth-order valence-corrected chi connectivity index (χ4v) is 1.69. The molecule has 0 unspecified atom stereocenters. The lowest BCUT2D eigenvalue weighted by atomic mass is 10.0. The van der Waals surface area contributed by atoms with Crippen LogP contribution in [-0.4, -0.2) is 10.9 Å². The van der Waals surface area contributed by atoms with Crippen molar-refractivity contribution in [2.75, 3.05) is 5.75 Å². The summed E-state index contributed by atoms with van der Waals surface area (Å²) in [5.41, 5.74) is -0.215. The summed E-state index contributed by atoms with van der Waals surface area (Å²) in [5.74, 6) is 5.62. The van der Waals surface area contributed by atoms with E-state index < -0.39 is 11.7 Å². The standard InChI is InChI=1S/C13H11F3OS/c1-9-11(6-4-8-18-10(2)17)5-3-7-12(9)13(14,15)16/h3,5,7H,8H2,1-2H3. The molecule has 1 aromatic rings. The molecule has 0 radical (unpaired) electrons. The fourth-order valence-electron chi connectivity index (χ4n) is 1.35. The van der Waals surface area contributed by atoms with Gasteiger partial charge in [0.2, 0.25) is 0 Å². The Hall–Kier alpha value is -1.41. The van der Waals surface area contributed by atoms with Gasteiger partial charge in [-0.25, -0.2) is 0 Å². The third-order valence-electron chi connectivity index (χ3n) is 2.21. The smallest absolute Gasteiger partial charge is 0.288 e. The second kappa shape index (κ2) is 5.96. The number of hydrogen-bond acceptors (Lipinski definition) is 2. The van der Waals surface area contributed by atoms with Gasteiger partial charge < -0.3 is 0 Å². The Morgan fingerprint density at radius 1 is 1.39 bits per heavy atom. The van der Waals surface area contributed by atoms with Gasteiger partial charge in [0.05, 0.1) is 11.3 Å². The van der Waals surface area contributed by atoms with Crippen LogP contribution < -0.4 is 0 Å². The van der Waals surface area contributed by atoms with Gasteiger partial charge in [0.15, 0.2) is 5.12 Å². The van der Waals surface area contributed by atoms with Gasteiger partial charge in [-0.1, -0.05) is 29.7 Å². The van der Waals surface area contributed by atoms with Crippen LogP contribution in [0.15, 0.2) is 18.2 Å². The monoisotopic (exact) mass is 272 g/mol. The summed E-state index contributed by atoms with van der Waals surface area (Å²) < 4.78 is 37.9. The largest absolute Gasteiger partial charge is 0.416 e. The summed E-state index contributed by atoms with van der Waals surface area (Å²) in [7, 11) is 0. The van der Waals surface area contributed by atoms with Gasteiger partial charge in [-0.15, -0.1) is 0 Å². The maximum Gasteiger partial charge on any atom is 0.416 e. The highest BCUT2D eigenvalue weighted by molar-refractivity contribution is 8.13. The molecule has 0 saturated carbocycles. The molecule has 0 aliphatic heterocycles. The molecule has 0 aliphatic carbocycles. The molecule has 0 N–H and O–H groups in total. The van der Waals surface area contributed by atoms with E-state index in [9.17, 15) is 18.0 Å². The van der Waals surface area contributed by atoms with Crippen molar-refractivity contribution in [3.05, 3.63) is 34.9 Å². The Balaban J connectivity index is 2.94. The summed E-state index contributed by atoms with van der Waals surface area (Å²) >= 11 is 1.03. The molecule has 0 spiro atoms. The molecule has 0 fully saturated rings. The number of halogens is 3. The van der Waals surface area contributed by atoms with Crippen molar-refractivity contribution in [1.82, 2.24) is 0 Å². The normalized spacial score (nSPS) is 10.7. The first kappa shape index (κ1) is 14.7. The highest BCUT2D eigenvalue weighted by Gasteiger charge is 2.32. The molecular formula is C13H11F3OS. The van der Waals surface area contributed by atoms with Gasteiger partial charge in [-0.05, 0) is 24.6 Å². The molecule has 5 heteroatoms. The number of alkyl halides is 3. The van der Waals surface area contributed by atoms with Gasteiger partial charge in [0.1, 0.15) is 0 Å². The zero-order valence-electron chi connectivity index (χ0n) is 9.89. The SMILES string of the molecule is CC(=O)SCC#Cc1cccc(C(F)(F)F)c1C. The summed E-state index contributed by atoms with van der Waals surface area (Å²) in [6.07, 6.45) is -4.37. The van der Waals surface area contributed by atoms with Crippen LogP contribution in [0.4, 0.5) is 13.2 Å². The zero-order chi connectivity index (χ0) is 13.8. The second-order valence-corrected chi connectivity index (χ2v) is 4.71. The molecule has 96 valence electrons. The van der Waals surface area contributed by atoms with E-state index in [0.29, 0.717) is 5.56 Å². The van der Waals surface area contributed by atoms with Crippen molar-refractivity contribution in [3.63, 3.8) is 0 Å². The van der Waals surface area contributed by atoms with Crippen LogP contribution >= 0.6 is 11.8 Å². The van der Waals surface area contributed by atoms with Crippen molar-refractivity contribution in [1.29, 1.82) is 0 Å². The molecule has 0 bridgehead atoms. The van der Waals surface area contributed by atoms with Gasteiger partial charge in [0, 0.05) is 12.5 Å². The first-order valence-electron chi connectivity index (χ1n) is 5.11. The van der Waals surface area contributed by atoms with Gasteiger partial charge in [-0.2, -0.15) is 13.2 Å². The molecule has 0 saturated heterocycles. The third kappa shape index (κ3) is 4.11. The fraction of sp³-hybridized carbons (Fsp3) is 0.308. The number of benzene rings is 1. The average Bonchev–Trinajstić information content (AvgIpc) is 2.24. The summed E-state index contributed by atoms with van der Waals surface area (Å²) in [4.78, 5) is 10.7. The minimum absolute atomic E-state index is 0.0648. The zero-order valence-corrected chi connectivity index (χ0v) is 10.7. The Morgan fingerprint density at radius 2 is 2.06 bits per heavy atom. The van der Waals surface area contributed by atoms with Crippen molar-refractivity contribution in [3.8, 4) is 11.8 Å². The minimum atomic E-state index is -4.37. The van der Waals surface area contributed by atoms with E-state index in [2.05, 4.69) is 11.8 Å². The summed E-state index contributed by atoms with van der Waals surface area (Å²) in [6.45, 7) is 2.81. The Kier molecular flexibility index (Phi) is 4.85. The number of hydrogen-bond donors (Lipinski definition) is 0. The molecule has 0 heterocycles. The van der Waals surface area contributed by atoms with E-state index in [4.69, 9.17) is 0 Å². The lowest BCUT2D eigenvalue weighted by molar-refractivity contribution is -0.138. The van der Waals surface area contributed by atoms with E-state index in [1.807, 2.05) is 0 Å². The van der Waals surface area contributed by atoms with Crippen LogP contribution in [0.25, 0.3) is 0 Å². The van der Waals surface area contributed by atoms with Crippen LogP contribution in [0, 0.1) is 18.8 Å². The lowest BCUT2D eigenvalue weighted by Gasteiger charge is -2.10. The Bertz CT molecular complexity index is 509. The number of carbonyl (C=O) groups is 1. The summed E-state index contributed by atoms with van der Waals surface area (Å²) in [6, 6.07) is 3.90. The van der Waals surface area contributed by atoms with Crippen LogP contribution in [0.1, 0.15) is 23.6 Å². The first-order chi connectivity index (χ1) is 8.32.